The number of urea groups is 1. The Balaban J connectivity index is 1.62. The lowest BCUT2D eigenvalue weighted by molar-refractivity contribution is -0.123. The Morgan fingerprint density at radius 2 is 2.07 bits per heavy atom. The van der Waals surface area contributed by atoms with Crippen LogP contribution in [0.3, 0.4) is 0 Å². The molecule has 0 aliphatic carbocycles. The van der Waals surface area contributed by atoms with Crippen molar-refractivity contribution in [2.45, 2.75) is 18.6 Å². The molecule has 3 amide bonds. The van der Waals surface area contributed by atoms with Gasteiger partial charge in [0, 0.05) is 25.5 Å². The molecule has 0 radical (unpaired) electrons. The maximum atomic E-state index is 12.9. The van der Waals surface area contributed by atoms with Gasteiger partial charge in [0.2, 0.25) is 0 Å². The van der Waals surface area contributed by atoms with Crippen molar-refractivity contribution in [3.8, 4) is 0 Å². The monoisotopic (exact) mass is 407 g/mol. The molecule has 1 fully saturated rings. The van der Waals surface area contributed by atoms with Crippen LogP contribution < -0.4 is 20.4 Å². The average molecular weight is 407 g/mol. The summed E-state index contributed by atoms with van der Waals surface area (Å²) >= 11 is 0. The Morgan fingerprint density at radius 3 is 2.79 bits per heavy atom. The Bertz CT molecular complexity index is 938. The van der Waals surface area contributed by atoms with E-state index in [1.54, 1.807) is 11.4 Å². The highest BCUT2D eigenvalue weighted by Crippen LogP contribution is 2.39. The minimum absolute atomic E-state index is 0.180. The number of alkyl halides is 3. The van der Waals surface area contributed by atoms with Crippen LogP contribution in [-0.4, -0.2) is 58.7 Å². The number of carbonyl (C=O) groups is 2. The summed E-state index contributed by atoms with van der Waals surface area (Å²) in [5.41, 5.74) is 0.438. The number of halogens is 3. The average Bonchev–Trinajstić information content (AvgIpc) is 3.10. The van der Waals surface area contributed by atoms with Gasteiger partial charge >= 0.3 is 12.2 Å². The van der Waals surface area contributed by atoms with Gasteiger partial charge in [-0.25, -0.2) is 14.8 Å². The first-order chi connectivity index (χ1) is 13.8. The molecule has 29 heavy (non-hydrogen) atoms. The molecule has 2 N–H and O–H groups in total. The minimum atomic E-state index is -4.53. The van der Waals surface area contributed by atoms with Crippen LogP contribution in [-0.2, 0) is 0 Å². The SMILES string of the molecule is O=C(NCC(F)(F)F)c1ccc2c(n1)N(C(=O)Nc1cnccn1)C1CCN2C1. The number of aromatic nitrogens is 3. The predicted octanol–water partition coefficient (Wildman–Crippen LogP) is 1.79. The summed E-state index contributed by atoms with van der Waals surface area (Å²) in [4.78, 5) is 40.5. The summed E-state index contributed by atoms with van der Waals surface area (Å²) < 4.78 is 37.1. The third-order valence-corrected chi connectivity index (χ3v) is 4.65. The van der Waals surface area contributed by atoms with Crippen LogP contribution in [0.2, 0.25) is 0 Å². The number of amides is 3. The second kappa shape index (κ2) is 7.18. The van der Waals surface area contributed by atoms with Gasteiger partial charge in [0.15, 0.2) is 11.6 Å². The molecule has 2 aliphatic heterocycles. The molecule has 4 rings (SSSR count). The van der Waals surface area contributed by atoms with Gasteiger partial charge in [-0.2, -0.15) is 13.2 Å². The number of fused-ring (bicyclic) bond motifs is 4. The first kappa shape index (κ1) is 18.9. The number of pyridine rings is 1. The highest BCUT2D eigenvalue weighted by atomic mass is 19.4. The van der Waals surface area contributed by atoms with Crippen LogP contribution >= 0.6 is 0 Å². The highest BCUT2D eigenvalue weighted by molar-refractivity contribution is 6.04. The molecule has 1 atom stereocenters. The first-order valence-electron chi connectivity index (χ1n) is 8.79. The van der Waals surface area contributed by atoms with Crippen molar-refractivity contribution in [1.82, 2.24) is 20.3 Å². The van der Waals surface area contributed by atoms with Gasteiger partial charge in [0.25, 0.3) is 5.91 Å². The Labute approximate surface area is 162 Å². The van der Waals surface area contributed by atoms with E-state index in [2.05, 4.69) is 20.3 Å². The van der Waals surface area contributed by atoms with Crippen LogP contribution in [0.1, 0.15) is 16.9 Å². The lowest BCUT2D eigenvalue weighted by Crippen LogP contribution is -2.48. The number of anilines is 3. The number of nitrogens with zero attached hydrogens (tertiary/aromatic N) is 5. The van der Waals surface area contributed by atoms with E-state index in [0.29, 0.717) is 25.2 Å². The number of hydrogen-bond donors (Lipinski definition) is 2. The fourth-order valence-electron chi connectivity index (χ4n) is 3.40. The Hall–Kier alpha value is -3.44. The molecule has 4 heterocycles. The summed E-state index contributed by atoms with van der Waals surface area (Å²) in [6.07, 6.45) is 0.446. The molecule has 12 heteroatoms. The maximum absolute atomic E-state index is 12.9. The molecule has 2 aliphatic rings. The lowest BCUT2D eigenvalue weighted by atomic mass is 10.1. The van der Waals surface area contributed by atoms with Crippen LogP contribution in [0.4, 0.5) is 35.3 Å². The van der Waals surface area contributed by atoms with E-state index >= 15 is 0 Å². The van der Waals surface area contributed by atoms with Crippen molar-refractivity contribution in [3.05, 3.63) is 36.4 Å². The van der Waals surface area contributed by atoms with Crippen LogP contribution in [0, 0.1) is 0 Å². The zero-order valence-electron chi connectivity index (χ0n) is 15.0. The van der Waals surface area contributed by atoms with Gasteiger partial charge in [-0.1, -0.05) is 0 Å². The molecule has 0 saturated carbocycles. The van der Waals surface area contributed by atoms with Crippen molar-refractivity contribution in [3.63, 3.8) is 0 Å². The van der Waals surface area contributed by atoms with Crippen molar-refractivity contribution in [2.75, 3.05) is 34.8 Å². The van der Waals surface area contributed by atoms with Gasteiger partial charge in [-0.15, -0.1) is 0 Å². The summed E-state index contributed by atoms with van der Waals surface area (Å²) in [6, 6.07) is 2.26. The predicted molar refractivity (Wildman–Crippen MR) is 96.8 cm³/mol. The van der Waals surface area contributed by atoms with Crippen molar-refractivity contribution in [2.24, 2.45) is 0 Å². The molecular formula is C17H16F3N7O2. The standard InChI is InChI=1S/C17H16F3N7O2/c18-17(19,20)9-23-15(28)11-1-2-12-14(24-11)27(10-3-6-26(12)8-10)16(29)25-13-7-21-4-5-22-13/h1-2,4-5,7,10H,3,6,8-9H2,(H,23,28)(H,22,25,29). The van der Waals surface area contributed by atoms with Gasteiger partial charge in [0.05, 0.1) is 17.9 Å². The topological polar surface area (TPSA) is 103 Å². The smallest absolute Gasteiger partial charge is 0.366 e. The minimum Gasteiger partial charge on any atom is -0.366 e. The van der Waals surface area contributed by atoms with E-state index in [1.165, 1.54) is 29.6 Å². The third kappa shape index (κ3) is 3.91. The fourth-order valence-corrected chi connectivity index (χ4v) is 3.40. The van der Waals surface area contributed by atoms with E-state index in [-0.39, 0.29) is 23.4 Å². The van der Waals surface area contributed by atoms with Gasteiger partial charge < -0.3 is 10.2 Å². The van der Waals surface area contributed by atoms with E-state index in [4.69, 9.17) is 0 Å². The summed E-state index contributed by atoms with van der Waals surface area (Å²) in [5, 5.41) is 4.42. The second-order valence-corrected chi connectivity index (χ2v) is 6.62. The van der Waals surface area contributed by atoms with Crippen LogP contribution in [0.5, 0.6) is 0 Å². The quantitative estimate of drug-likeness (QED) is 0.804. The van der Waals surface area contributed by atoms with Crippen molar-refractivity contribution >= 4 is 29.3 Å². The molecule has 1 saturated heterocycles. The number of carbonyl (C=O) groups excluding carboxylic acids is 2. The molecule has 0 spiro atoms. The van der Waals surface area contributed by atoms with E-state index < -0.39 is 24.7 Å². The molecule has 152 valence electrons. The maximum Gasteiger partial charge on any atom is 0.405 e. The van der Waals surface area contributed by atoms with E-state index in [9.17, 15) is 22.8 Å². The van der Waals surface area contributed by atoms with E-state index in [0.717, 1.165) is 0 Å². The van der Waals surface area contributed by atoms with Crippen LogP contribution in [0.25, 0.3) is 0 Å². The van der Waals surface area contributed by atoms with E-state index in [1.807, 2.05) is 4.90 Å². The Morgan fingerprint density at radius 1 is 1.24 bits per heavy atom. The number of hydrogen-bond acceptors (Lipinski definition) is 6. The van der Waals surface area contributed by atoms with Crippen molar-refractivity contribution < 1.29 is 22.8 Å². The lowest BCUT2D eigenvalue weighted by Gasteiger charge is -2.35. The third-order valence-electron chi connectivity index (χ3n) is 4.65. The molecular weight excluding hydrogens is 391 g/mol. The molecule has 9 nitrogen and oxygen atoms in total. The molecule has 2 aromatic rings. The largest absolute Gasteiger partial charge is 0.405 e. The second-order valence-electron chi connectivity index (χ2n) is 6.62. The van der Waals surface area contributed by atoms with Gasteiger partial charge in [0.1, 0.15) is 12.2 Å². The number of nitrogens with one attached hydrogen (secondary N) is 2. The zero-order chi connectivity index (χ0) is 20.6. The zero-order valence-corrected chi connectivity index (χ0v) is 15.0. The van der Waals surface area contributed by atoms with Crippen LogP contribution in [0.15, 0.2) is 30.7 Å². The van der Waals surface area contributed by atoms with Gasteiger partial charge in [-0.3, -0.25) is 20.0 Å². The highest BCUT2D eigenvalue weighted by Gasteiger charge is 2.40. The summed E-state index contributed by atoms with van der Waals surface area (Å²) in [6.45, 7) is -0.160. The summed E-state index contributed by atoms with van der Waals surface area (Å²) in [7, 11) is 0. The fraction of sp³-hybridized carbons (Fsp3) is 0.353. The molecule has 2 bridgehead atoms. The Kier molecular flexibility index (Phi) is 4.68. The normalized spacial score (nSPS) is 17.7. The van der Waals surface area contributed by atoms with Gasteiger partial charge in [-0.05, 0) is 18.6 Å². The molecule has 1 unspecified atom stereocenters. The molecule has 2 aromatic heterocycles. The first-order valence-corrected chi connectivity index (χ1v) is 8.79. The number of rotatable bonds is 3. The molecule has 0 aromatic carbocycles. The van der Waals surface area contributed by atoms with Crippen molar-refractivity contribution in [1.29, 1.82) is 0 Å². The summed E-state index contributed by atoms with van der Waals surface area (Å²) in [5.74, 6) is -0.495.